The molecule has 34 heavy (non-hydrogen) atoms. The van der Waals surface area contributed by atoms with Crippen LogP contribution in [-0.2, 0) is 6.61 Å². The van der Waals surface area contributed by atoms with Crippen LogP contribution in [0.4, 0.5) is 0 Å². The van der Waals surface area contributed by atoms with Gasteiger partial charge in [0.2, 0.25) is 0 Å². The van der Waals surface area contributed by atoms with Gasteiger partial charge in [0.05, 0.1) is 26.1 Å². The lowest BCUT2D eigenvalue weighted by atomic mass is 10.2. The van der Waals surface area contributed by atoms with Crippen molar-refractivity contribution < 1.29 is 4.74 Å². The Balaban J connectivity index is 1.65. The Morgan fingerprint density at radius 1 is 1.06 bits per heavy atom. The summed E-state index contributed by atoms with van der Waals surface area (Å²) in [7, 11) is 0. The predicted molar refractivity (Wildman–Crippen MR) is 148 cm³/mol. The molecule has 0 aliphatic heterocycles. The van der Waals surface area contributed by atoms with Crippen molar-refractivity contribution in [2.45, 2.75) is 26.4 Å². The Hall–Kier alpha value is -2.00. The van der Waals surface area contributed by atoms with E-state index < -0.39 is 0 Å². The van der Waals surface area contributed by atoms with Crippen LogP contribution < -0.4 is 10.3 Å². The largest absolute Gasteiger partial charge is 0.487 e. The Labute approximate surface area is 227 Å². The molecule has 0 N–H and O–H groups in total. The summed E-state index contributed by atoms with van der Waals surface area (Å²) < 4.78 is 9.69. The van der Waals surface area contributed by atoms with E-state index >= 15 is 0 Å². The molecule has 0 atom stereocenters. The number of ether oxygens (including phenoxy) is 1. The van der Waals surface area contributed by atoms with Gasteiger partial charge < -0.3 is 4.74 Å². The smallest absolute Gasteiger partial charge is 0.282 e. The minimum absolute atomic E-state index is 0.0139. The maximum absolute atomic E-state index is 13.2. The third-order valence-electron chi connectivity index (χ3n) is 4.99. The van der Waals surface area contributed by atoms with E-state index in [1.165, 1.54) is 4.68 Å². The fourth-order valence-corrected chi connectivity index (χ4v) is 5.24. The van der Waals surface area contributed by atoms with Crippen LogP contribution in [-0.4, -0.2) is 15.9 Å². The van der Waals surface area contributed by atoms with Gasteiger partial charge in [-0.3, -0.25) is 4.79 Å². The van der Waals surface area contributed by atoms with Crippen LogP contribution in [0.25, 0.3) is 10.9 Å². The van der Waals surface area contributed by atoms with Crippen LogP contribution in [0.5, 0.6) is 5.75 Å². The van der Waals surface area contributed by atoms with Gasteiger partial charge in [-0.2, -0.15) is 9.78 Å². The average molecular weight is 669 g/mol. The molecule has 0 saturated heterocycles. The third-order valence-corrected chi connectivity index (χ3v) is 6.91. The molecule has 0 radical (unpaired) electrons. The lowest BCUT2D eigenvalue weighted by Crippen LogP contribution is -2.23. The van der Waals surface area contributed by atoms with Gasteiger partial charge in [-0.05, 0) is 85.5 Å². The van der Waals surface area contributed by atoms with Crippen molar-refractivity contribution in [2.75, 3.05) is 0 Å². The second kappa shape index (κ2) is 10.7. The standard InChI is InChI=1S/C25H19Br3ClN3O2/c1-14(2)24-31-22-8-5-17(26)11-19(22)25(33)32(24)30-12-16-9-20(27)23(21(28)10-16)34-13-15-3-6-18(29)7-4-15/h3-12,14H,13H2,1-2H3. The molecule has 3 aromatic carbocycles. The monoisotopic (exact) mass is 665 g/mol. The topological polar surface area (TPSA) is 56.5 Å². The van der Waals surface area contributed by atoms with Crippen molar-refractivity contribution in [3.8, 4) is 5.75 Å². The van der Waals surface area contributed by atoms with Crippen LogP contribution in [0.2, 0.25) is 5.02 Å². The van der Waals surface area contributed by atoms with Gasteiger partial charge in [0.15, 0.2) is 0 Å². The Morgan fingerprint density at radius 2 is 1.74 bits per heavy atom. The molecule has 0 spiro atoms. The highest BCUT2D eigenvalue weighted by Crippen LogP contribution is 2.35. The molecule has 1 aromatic heterocycles. The normalized spacial score (nSPS) is 11.6. The van der Waals surface area contributed by atoms with Gasteiger partial charge >= 0.3 is 0 Å². The van der Waals surface area contributed by atoms with E-state index in [-0.39, 0.29) is 11.5 Å². The summed E-state index contributed by atoms with van der Waals surface area (Å²) in [5, 5.41) is 5.69. The van der Waals surface area contributed by atoms with Crippen LogP contribution >= 0.6 is 59.4 Å². The molecule has 0 amide bonds. The van der Waals surface area contributed by atoms with E-state index in [2.05, 4.69) is 57.9 Å². The molecule has 174 valence electrons. The number of fused-ring (bicyclic) bond motifs is 1. The highest BCUT2D eigenvalue weighted by Gasteiger charge is 2.14. The van der Waals surface area contributed by atoms with Gasteiger partial charge in [-0.25, -0.2) is 4.98 Å². The molecular weight excluding hydrogens is 649 g/mol. The van der Waals surface area contributed by atoms with Crippen molar-refractivity contribution in [2.24, 2.45) is 5.10 Å². The van der Waals surface area contributed by atoms with Crippen LogP contribution in [0.15, 0.2) is 77.9 Å². The number of halogens is 4. The van der Waals surface area contributed by atoms with Gasteiger partial charge in [-0.15, -0.1) is 0 Å². The summed E-state index contributed by atoms with van der Waals surface area (Å²) in [6, 6.07) is 16.7. The Morgan fingerprint density at radius 3 is 2.38 bits per heavy atom. The van der Waals surface area contributed by atoms with E-state index in [0.29, 0.717) is 34.1 Å². The van der Waals surface area contributed by atoms with Crippen molar-refractivity contribution in [3.63, 3.8) is 0 Å². The Bertz CT molecular complexity index is 1430. The average Bonchev–Trinajstić information content (AvgIpc) is 2.79. The number of aromatic nitrogens is 2. The first-order valence-corrected chi connectivity index (χ1v) is 13.1. The fourth-order valence-electron chi connectivity index (χ4n) is 3.30. The molecule has 0 saturated carbocycles. The molecule has 0 unspecified atom stereocenters. The van der Waals surface area contributed by atoms with E-state index in [4.69, 9.17) is 16.3 Å². The number of rotatable bonds is 6. The number of benzene rings is 3. The van der Waals surface area contributed by atoms with Crippen molar-refractivity contribution in [1.29, 1.82) is 0 Å². The lowest BCUT2D eigenvalue weighted by molar-refractivity contribution is 0.302. The zero-order valence-corrected chi connectivity index (χ0v) is 23.7. The molecule has 0 bridgehead atoms. The van der Waals surface area contributed by atoms with Gasteiger partial charge in [0.1, 0.15) is 18.2 Å². The molecule has 0 fully saturated rings. The first-order valence-electron chi connectivity index (χ1n) is 10.4. The summed E-state index contributed by atoms with van der Waals surface area (Å²) in [5.41, 5.74) is 2.22. The van der Waals surface area contributed by atoms with E-state index in [1.54, 1.807) is 12.3 Å². The maximum Gasteiger partial charge on any atom is 0.282 e. The predicted octanol–water partition coefficient (Wildman–Crippen LogP) is 7.92. The van der Waals surface area contributed by atoms with E-state index in [9.17, 15) is 4.79 Å². The second-order valence-corrected chi connectivity index (χ2v) is 10.9. The van der Waals surface area contributed by atoms with Crippen LogP contribution in [0.3, 0.4) is 0 Å². The lowest BCUT2D eigenvalue weighted by Gasteiger charge is -2.13. The SMILES string of the molecule is CC(C)c1nc2ccc(Br)cc2c(=O)n1N=Cc1cc(Br)c(OCc2ccc(Cl)cc2)c(Br)c1. The molecule has 1 heterocycles. The summed E-state index contributed by atoms with van der Waals surface area (Å²) >= 11 is 16.5. The Kier molecular flexibility index (Phi) is 7.92. The highest BCUT2D eigenvalue weighted by molar-refractivity contribution is 9.11. The molecule has 4 rings (SSSR count). The van der Waals surface area contributed by atoms with Crippen molar-refractivity contribution >= 4 is 76.5 Å². The molecule has 4 aromatic rings. The highest BCUT2D eigenvalue weighted by atomic mass is 79.9. The maximum atomic E-state index is 13.2. The molecule has 9 heteroatoms. The van der Waals surface area contributed by atoms with E-state index in [0.717, 1.165) is 24.5 Å². The van der Waals surface area contributed by atoms with Crippen LogP contribution in [0.1, 0.15) is 36.7 Å². The van der Waals surface area contributed by atoms with Crippen molar-refractivity contribution in [3.05, 3.63) is 100 Å². The van der Waals surface area contributed by atoms with Crippen LogP contribution in [0, 0.1) is 0 Å². The van der Waals surface area contributed by atoms with Gasteiger partial charge in [0.25, 0.3) is 5.56 Å². The molecule has 0 aliphatic carbocycles. The molecular formula is C25H19Br3ClN3O2. The number of hydrogen-bond donors (Lipinski definition) is 0. The van der Waals surface area contributed by atoms with Crippen molar-refractivity contribution in [1.82, 2.24) is 9.66 Å². The molecule has 0 aliphatic rings. The summed E-state index contributed by atoms with van der Waals surface area (Å²) in [4.78, 5) is 17.9. The first-order chi connectivity index (χ1) is 16.2. The minimum atomic E-state index is -0.215. The minimum Gasteiger partial charge on any atom is -0.487 e. The summed E-state index contributed by atoms with van der Waals surface area (Å²) in [6.45, 7) is 4.37. The summed E-state index contributed by atoms with van der Waals surface area (Å²) in [5.74, 6) is 1.28. The van der Waals surface area contributed by atoms with Gasteiger partial charge in [0, 0.05) is 15.4 Å². The first kappa shape index (κ1) is 25.1. The van der Waals surface area contributed by atoms with Gasteiger partial charge in [-0.1, -0.05) is 53.5 Å². The third kappa shape index (κ3) is 5.62. The number of hydrogen-bond acceptors (Lipinski definition) is 4. The second-order valence-electron chi connectivity index (χ2n) is 7.88. The molecule has 5 nitrogen and oxygen atoms in total. The number of nitrogens with zero attached hydrogens (tertiary/aromatic N) is 3. The fraction of sp³-hybridized carbons (Fsp3) is 0.160. The zero-order chi connectivity index (χ0) is 24.4. The zero-order valence-electron chi connectivity index (χ0n) is 18.2. The summed E-state index contributed by atoms with van der Waals surface area (Å²) in [6.07, 6.45) is 1.64. The van der Waals surface area contributed by atoms with E-state index in [1.807, 2.05) is 62.4 Å². The quantitative estimate of drug-likeness (QED) is 0.196.